The van der Waals surface area contributed by atoms with E-state index in [1.807, 2.05) is 6.07 Å². The van der Waals surface area contributed by atoms with Gasteiger partial charge in [-0.1, -0.05) is 37.4 Å². The molecular weight excluding hydrogens is 557 g/mol. The van der Waals surface area contributed by atoms with Crippen molar-refractivity contribution in [1.29, 1.82) is 0 Å². The number of aromatic nitrogens is 1. The van der Waals surface area contributed by atoms with Crippen molar-refractivity contribution in [2.45, 2.75) is 33.1 Å². The van der Waals surface area contributed by atoms with E-state index in [1.165, 1.54) is 48.0 Å². The molecule has 0 atom stereocenters. The zero-order valence-corrected chi connectivity index (χ0v) is 19.6. The maximum absolute atomic E-state index is 13.8. The second-order valence-corrected chi connectivity index (χ2v) is 7.97. The number of hydrogen-bond donors (Lipinski definition) is 1. The molecule has 3 nitrogen and oxygen atoms in total. The first kappa shape index (κ1) is 22.1. The van der Waals surface area contributed by atoms with E-state index in [4.69, 9.17) is 9.90 Å². The number of aliphatic hydroxyl groups excluding tert-OH is 1. The minimum atomic E-state index is -0.298. The summed E-state index contributed by atoms with van der Waals surface area (Å²) in [6.45, 7) is 7.49. The SMILES string of the molecule is CC(=[OH+])/C=C(/C)O.CC1(C)c2cc[c-]c3c4ncc(F)cc4c4cccc1c4c23.[Ir]. The number of nitrogens with zero attached hydrogens (tertiary/aromatic N) is 1. The molecule has 0 spiro atoms. The van der Waals surface area contributed by atoms with Gasteiger partial charge >= 0.3 is 5.78 Å². The number of carbonyl (C=O) groups excluding carboxylic acids is 1. The van der Waals surface area contributed by atoms with Crippen molar-refractivity contribution in [3.05, 3.63) is 77.4 Å². The van der Waals surface area contributed by atoms with Gasteiger partial charge in [0.1, 0.15) is 5.82 Å². The predicted octanol–water partition coefficient (Wildman–Crippen LogP) is 6.13. The summed E-state index contributed by atoms with van der Waals surface area (Å²) in [4.78, 5) is 12.8. The summed E-state index contributed by atoms with van der Waals surface area (Å²) in [6, 6.07) is 15.3. The molecule has 1 aliphatic rings. The van der Waals surface area contributed by atoms with Gasteiger partial charge in [-0.25, -0.2) is 4.39 Å². The van der Waals surface area contributed by atoms with Gasteiger partial charge in [0, 0.05) is 20.1 Å². The van der Waals surface area contributed by atoms with Crippen LogP contribution in [0.25, 0.3) is 32.4 Å². The summed E-state index contributed by atoms with van der Waals surface area (Å²) in [5.41, 5.74) is 3.39. The van der Waals surface area contributed by atoms with Crippen LogP contribution in [0.2, 0.25) is 0 Å². The Balaban J connectivity index is 0.000000281. The molecule has 0 aliphatic heterocycles. The molecule has 1 aliphatic carbocycles. The van der Waals surface area contributed by atoms with Gasteiger partial charge in [0.2, 0.25) is 0 Å². The van der Waals surface area contributed by atoms with Crippen molar-refractivity contribution in [2.75, 3.05) is 0 Å². The number of rotatable bonds is 1. The van der Waals surface area contributed by atoms with Crippen molar-refractivity contribution in [2.24, 2.45) is 0 Å². The first-order chi connectivity index (χ1) is 13.7. The number of allylic oxidation sites excluding steroid dienone is 2. The second kappa shape index (κ2) is 7.90. The number of halogens is 1. The molecule has 0 saturated carbocycles. The molecule has 0 fully saturated rings. The van der Waals surface area contributed by atoms with Crippen LogP contribution in [0.15, 0.2) is 54.4 Å². The number of benzene rings is 3. The monoisotopic (exact) mass is 580 g/mol. The topological polar surface area (TPSA) is 54.5 Å². The maximum Gasteiger partial charge on any atom is 0.316 e. The van der Waals surface area contributed by atoms with E-state index >= 15 is 0 Å². The van der Waals surface area contributed by atoms with Crippen LogP contribution in [0, 0.1) is 11.9 Å². The molecule has 155 valence electrons. The zero-order chi connectivity index (χ0) is 20.9. The van der Waals surface area contributed by atoms with Gasteiger partial charge in [0.25, 0.3) is 0 Å². The molecule has 4 aromatic rings. The summed E-state index contributed by atoms with van der Waals surface area (Å²) in [5.74, 6) is -0.0479. The first-order valence-electron chi connectivity index (χ1n) is 9.47. The van der Waals surface area contributed by atoms with Gasteiger partial charge in [-0.3, -0.25) is 4.79 Å². The minimum absolute atomic E-state index is 0. The third-order valence-corrected chi connectivity index (χ3v) is 5.46. The molecule has 0 bridgehead atoms. The molecule has 30 heavy (non-hydrogen) atoms. The quantitative estimate of drug-likeness (QED) is 0.0970. The summed E-state index contributed by atoms with van der Waals surface area (Å²) in [5, 5.41) is 13.8. The van der Waals surface area contributed by atoms with E-state index in [0.717, 1.165) is 21.7 Å². The van der Waals surface area contributed by atoms with E-state index in [-0.39, 0.29) is 42.9 Å². The Morgan fingerprint density at radius 2 is 1.83 bits per heavy atom. The molecule has 2 N–H and O–H groups in total. The zero-order valence-electron chi connectivity index (χ0n) is 17.2. The number of aliphatic hydroxyl groups is 1. The van der Waals surface area contributed by atoms with Crippen molar-refractivity contribution in [1.82, 2.24) is 4.98 Å². The Hall–Kier alpha value is -2.62. The molecule has 0 amide bonds. The summed E-state index contributed by atoms with van der Waals surface area (Å²) in [6.07, 6.45) is 2.57. The van der Waals surface area contributed by atoms with Crippen LogP contribution in [0.5, 0.6) is 0 Å². The van der Waals surface area contributed by atoms with Crippen molar-refractivity contribution < 1.29 is 34.4 Å². The summed E-state index contributed by atoms with van der Waals surface area (Å²) >= 11 is 0. The second-order valence-electron chi connectivity index (χ2n) is 7.97. The third-order valence-electron chi connectivity index (χ3n) is 5.46. The number of hydrogen-bond acceptors (Lipinski definition) is 2. The number of ketones is 1. The standard InChI is InChI=1S/C20H13FN.C5H8O2.Ir/c1-20(2)15-7-3-5-12-14-9-11(21)10-22-19(14)13-6-4-8-16(20)18(13)17(12)15;1-4(6)3-5(2)7;/h3-5,7-10H,1-2H3;3,6H,1-2H3;/q-1;;/p+1/b;4-3-;. The van der Waals surface area contributed by atoms with Gasteiger partial charge in [-0.2, -0.15) is 0 Å². The molecule has 0 saturated heterocycles. The van der Waals surface area contributed by atoms with E-state index in [0.29, 0.717) is 0 Å². The van der Waals surface area contributed by atoms with E-state index in [9.17, 15) is 4.39 Å². The molecule has 5 heteroatoms. The Kier molecular flexibility index (Phi) is 5.81. The molecule has 3 aromatic carbocycles. The fourth-order valence-corrected chi connectivity index (χ4v) is 4.32. The van der Waals surface area contributed by atoms with Crippen molar-refractivity contribution >= 4 is 38.2 Å². The molecule has 1 heterocycles. The van der Waals surface area contributed by atoms with Crippen LogP contribution in [-0.4, -0.2) is 20.7 Å². The fourth-order valence-electron chi connectivity index (χ4n) is 4.32. The van der Waals surface area contributed by atoms with E-state index in [1.54, 1.807) is 6.07 Å². The molecule has 0 unspecified atom stereocenters. The van der Waals surface area contributed by atoms with Gasteiger partial charge in [0.05, 0.1) is 25.0 Å². The molecule has 1 aromatic heterocycles. The van der Waals surface area contributed by atoms with Crippen LogP contribution in [0.4, 0.5) is 4.39 Å². The Morgan fingerprint density at radius 1 is 1.13 bits per heavy atom. The van der Waals surface area contributed by atoms with Crippen molar-refractivity contribution in [3.8, 4) is 0 Å². The Labute approximate surface area is 188 Å². The molecule has 5 rings (SSSR count). The summed E-state index contributed by atoms with van der Waals surface area (Å²) in [7, 11) is 0. The van der Waals surface area contributed by atoms with Gasteiger partial charge < -0.3 is 10.1 Å². The van der Waals surface area contributed by atoms with E-state index < -0.39 is 0 Å². The van der Waals surface area contributed by atoms with Crippen molar-refractivity contribution in [3.63, 3.8) is 0 Å². The van der Waals surface area contributed by atoms with E-state index in [2.05, 4.69) is 49.2 Å². The smallest absolute Gasteiger partial charge is 0.316 e. The van der Waals surface area contributed by atoms with Crippen LogP contribution in [0.3, 0.4) is 0 Å². The average molecular weight is 580 g/mol. The van der Waals surface area contributed by atoms with Crippen LogP contribution in [-0.2, 0) is 25.5 Å². The Bertz CT molecular complexity index is 1340. The summed E-state index contributed by atoms with van der Waals surface area (Å²) < 4.78 is 13.8. The average Bonchev–Trinajstić information content (AvgIpc) is 2.89. The first-order valence-corrected chi connectivity index (χ1v) is 9.47. The third kappa shape index (κ3) is 3.42. The fraction of sp³-hybridized carbons (Fsp3) is 0.200. The van der Waals surface area contributed by atoms with Gasteiger partial charge in [-0.15, -0.1) is 29.1 Å². The van der Waals surface area contributed by atoms with Gasteiger partial charge in [-0.05, 0) is 45.6 Å². The van der Waals surface area contributed by atoms with Gasteiger partial charge in [0.15, 0.2) is 0 Å². The largest absolute Gasteiger partial charge is 0.512 e. The molecule has 1 radical (unpaired) electrons. The van der Waals surface area contributed by atoms with Crippen LogP contribution < -0.4 is 0 Å². The number of pyridine rings is 1. The van der Waals surface area contributed by atoms with Crippen LogP contribution in [0.1, 0.15) is 38.8 Å². The molecular formula is C25H22FIrNO2. The minimum Gasteiger partial charge on any atom is -0.512 e. The predicted molar refractivity (Wildman–Crippen MR) is 117 cm³/mol. The number of fused-ring (bicyclic) bond motifs is 3. The Morgan fingerprint density at radius 3 is 2.47 bits per heavy atom. The van der Waals surface area contributed by atoms with Crippen LogP contribution >= 0.6 is 0 Å². The maximum atomic E-state index is 13.8. The normalized spacial score (nSPS) is 14.0.